The lowest BCUT2D eigenvalue weighted by atomic mass is 9.93. The van der Waals surface area contributed by atoms with Crippen molar-refractivity contribution in [3.8, 4) is 5.69 Å². The zero-order valence-corrected chi connectivity index (χ0v) is 19.5. The van der Waals surface area contributed by atoms with Crippen LogP contribution in [0, 0.1) is 19.8 Å². The molecule has 0 radical (unpaired) electrons. The number of benzene rings is 1. The topological polar surface area (TPSA) is 86.1 Å². The van der Waals surface area contributed by atoms with Crippen molar-refractivity contribution in [2.24, 2.45) is 5.92 Å². The van der Waals surface area contributed by atoms with Crippen molar-refractivity contribution in [3.63, 3.8) is 0 Å². The van der Waals surface area contributed by atoms with Gasteiger partial charge in [-0.05, 0) is 61.2 Å². The van der Waals surface area contributed by atoms with Gasteiger partial charge >= 0.3 is 0 Å². The number of pyridine rings is 1. The summed E-state index contributed by atoms with van der Waals surface area (Å²) in [6.07, 6.45) is 5.86. The first-order chi connectivity index (χ1) is 15.9. The lowest BCUT2D eigenvalue weighted by molar-refractivity contribution is -0.113. The molecular weight excluding hydrogens is 440 g/mol. The molecule has 0 aliphatic heterocycles. The van der Waals surface area contributed by atoms with Gasteiger partial charge in [0.15, 0.2) is 5.78 Å². The van der Waals surface area contributed by atoms with E-state index in [0.29, 0.717) is 41.4 Å². The Labute approximate surface area is 197 Å². The van der Waals surface area contributed by atoms with Gasteiger partial charge < -0.3 is 10.1 Å². The smallest absolute Gasteiger partial charge is 0.269 e. The van der Waals surface area contributed by atoms with Crippen molar-refractivity contribution < 1.29 is 14.3 Å². The van der Waals surface area contributed by atoms with Crippen LogP contribution in [0.25, 0.3) is 11.3 Å². The predicted octanol–water partition coefficient (Wildman–Crippen LogP) is 4.30. The highest BCUT2D eigenvalue weighted by Crippen LogP contribution is 2.40. The fourth-order valence-corrected chi connectivity index (χ4v) is 4.52. The number of nitrogens with one attached hydrogen (secondary N) is 1. The van der Waals surface area contributed by atoms with Crippen molar-refractivity contribution in [2.75, 3.05) is 13.7 Å². The zero-order chi connectivity index (χ0) is 23.5. The fraction of sp³-hybridized carbons (Fsp3) is 0.280. The molecule has 2 aromatic heterocycles. The van der Waals surface area contributed by atoms with Crippen LogP contribution in [0.1, 0.15) is 40.0 Å². The van der Waals surface area contributed by atoms with Crippen LogP contribution in [0.3, 0.4) is 0 Å². The summed E-state index contributed by atoms with van der Waals surface area (Å²) in [5, 5.41) is 7.70. The molecule has 1 atom stereocenters. The SMILES string of the molecule is COC1=C(c2c(C)cc(-n3cc(Cl)cn3)cc2C)C(=O)CC1CCNC(=O)c1ccccn1. The molecule has 1 aromatic carbocycles. The third-order valence-electron chi connectivity index (χ3n) is 5.81. The summed E-state index contributed by atoms with van der Waals surface area (Å²) < 4.78 is 7.44. The number of hydrogen-bond donors (Lipinski definition) is 1. The quantitative estimate of drug-likeness (QED) is 0.563. The summed E-state index contributed by atoms with van der Waals surface area (Å²) in [5.41, 5.74) is 4.67. The number of Topliss-reactive ketones (excluding diaryl/α,β-unsaturated/α-hetero) is 1. The van der Waals surface area contributed by atoms with E-state index in [9.17, 15) is 9.59 Å². The molecule has 0 spiro atoms. The number of rotatable bonds is 7. The van der Waals surface area contributed by atoms with E-state index in [1.807, 2.05) is 26.0 Å². The van der Waals surface area contributed by atoms with Gasteiger partial charge in [-0.3, -0.25) is 14.6 Å². The number of ketones is 1. The molecule has 1 aliphatic carbocycles. The van der Waals surface area contributed by atoms with Gasteiger partial charge in [-0.1, -0.05) is 17.7 Å². The van der Waals surface area contributed by atoms with Crippen LogP contribution >= 0.6 is 11.6 Å². The van der Waals surface area contributed by atoms with E-state index in [4.69, 9.17) is 16.3 Å². The van der Waals surface area contributed by atoms with Crippen LogP contribution in [0.2, 0.25) is 5.02 Å². The second-order valence-corrected chi connectivity index (χ2v) is 8.52. The molecule has 8 heteroatoms. The second-order valence-electron chi connectivity index (χ2n) is 8.08. The van der Waals surface area contributed by atoms with Gasteiger partial charge in [-0.25, -0.2) is 4.68 Å². The highest BCUT2D eigenvalue weighted by atomic mass is 35.5. The summed E-state index contributed by atoms with van der Waals surface area (Å²) in [6.45, 7) is 4.38. The normalized spacial score (nSPS) is 15.8. The molecule has 2 heterocycles. The minimum atomic E-state index is -0.232. The minimum Gasteiger partial charge on any atom is -0.500 e. The highest BCUT2D eigenvalue weighted by molar-refractivity contribution is 6.30. The van der Waals surface area contributed by atoms with Crippen LogP contribution in [0.5, 0.6) is 0 Å². The monoisotopic (exact) mass is 464 g/mol. The second kappa shape index (κ2) is 9.58. The molecule has 0 saturated carbocycles. The van der Waals surface area contributed by atoms with Crippen molar-refractivity contribution in [3.05, 3.63) is 82.1 Å². The van der Waals surface area contributed by atoms with Crippen molar-refractivity contribution in [2.45, 2.75) is 26.7 Å². The molecule has 0 bridgehead atoms. The third-order valence-corrected chi connectivity index (χ3v) is 6.00. The van der Waals surface area contributed by atoms with Gasteiger partial charge in [0, 0.05) is 31.3 Å². The zero-order valence-electron chi connectivity index (χ0n) is 18.8. The number of aromatic nitrogens is 3. The number of nitrogens with zero attached hydrogens (tertiary/aromatic N) is 3. The van der Waals surface area contributed by atoms with E-state index in [-0.39, 0.29) is 17.6 Å². The van der Waals surface area contributed by atoms with Gasteiger partial charge in [-0.2, -0.15) is 5.10 Å². The van der Waals surface area contributed by atoms with E-state index in [2.05, 4.69) is 15.4 Å². The number of amides is 1. The Balaban J connectivity index is 1.55. The average Bonchev–Trinajstić information content (AvgIpc) is 3.37. The predicted molar refractivity (Wildman–Crippen MR) is 126 cm³/mol. The maximum Gasteiger partial charge on any atom is 0.269 e. The number of hydrogen-bond acceptors (Lipinski definition) is 5. The molecule has 1 aliphatic rings. The molecule has 0 saturated heterocycles. The van der Waals surface area contributed by atoms with E-state index >= 15 is 0 Å². The van der Waals surface area contributed by atoms with E-state index in [1.165, 1.54) is 0 Å². The largest absolute Gasteiger partial charge is 0.500 e. The standard InChI is InChI=1S/C25H25ClN4O3/c1-15-10-19(30-14-18(26)13-29-30)11-16(2)22(15)23-21(31)12-17(24(23)33-3)7-9-28-25(32)20-6-4-5-8-27-20/h4-6,8,10-11,13-14,17H,7,9,12H2,1-3H3,(H,28,32). The third kappa shape index (κ3) is 4.68. The van der Waals surface area contributed by atoms with E-state index in [0.717, 1.165) is 22.4 Å². The Kier molecular flexibility index (Phi) is 6.60. The molecule has 1 N–H and O–H groups in total. The van der Waals surface area contributed by atoms with E-state index in [1.54, 1.807) is 48.6 Å². The Morgan fingerprint density at radius 2 is 2.03 bits per heavy atom. The number of halogens is 1. The van der Waals surface area contributed by atoms with Crippen LogP contribution in [-0.4, -0.2) is 40.1 Å². The van der Waals surface area contributed by atoms with Gasteiger partial charge in [0.25, 0.3) is 5.91 Å². The molecule has 33 heavy (non-hydrogen) atoms. The minimum absolute atomic E-state index is 0.0500. The van der Waals surface area contributed by atoms with Crippen molar-refractivity contribution >= 4 is 28.9 Å². The summed E-state index contributed by atoms with van der Waals surface area (Å²) >= 11 is 6.01. The lowest BCUT2D eigenvalue weighted by Crippen LogP contribution is -2.26. The van der Waals surface area contributed by atoms with Crippen LogP contribution in [0.4, 0.5) is 0 Å². The molecule has 170 valence electrons. The van der Waals surface area contributed by atoms with Gasteiger partial charge in [0.2, 0.25) is 0 Å². The van der Waals surface area contributed by atoms with E-state index < -0.39 is 0 Å². The van der Waals surface area contributed by atoms with Gasteiger partial charge in [0.1, 0.15) is 11.5 Å². The molecule has 7 nitrogen and oxygen atoms in total. The summed E-state index contributed by atoms with van der Waals surface area (Å²) in [5.74, 6) is 0.399. The highest BCUT2D eigenvalue weighted by Gasteiger charge is 2.35. The molecule has 0 fully saturated rings. The molecule has 1 amide bonds. The maximum atomic E-state index is 13.1. The molecule has 3 aromatic rings. The average molecular weight is 465 g/mol. The van der Waals surface area contributed by atoms with Crippen molar-refractivity contribution in [1.29, 1.82) is 0 Å². The number of allylic oxidation sites excluding steroid dienone is 2. The molecule has 1 unspecified atom stereocenters. The summed E-state index contributed by atoms with van der Waals surface area (Å²) in [6, 6.07) is 9.17. The Morgan fingerprint density at radius 1 is 1.27 bits per heavy atom. The first kappa shape index (κ1) is 22.7. The Morgan fingerprint density at radius 3 is 2.64 bits per heavy atom. The Hall–Kier alpha value is -3.45. The number of aryl methyl sites for hydroxylation is 2. The van der Waals surface area contributed by atoms with Gasteiger partial charge in [-0.15, -0.1) is 0 Å². The molecular formula is C25H25ClN4O3. The number of carbonyl (C=O) groups is 2. The van der Waals surface area contributed by atoms with Gasteiger partial charge in [0.05, 0.1) is 29.6 Å². The first-order valence-electron chi connectivity index (χ1n) is 10.7. The van der Waals surface area contributed by atoms with Crippen LogP contribution < -0.4 is 5.32 Å². The Bertz CT molecular complexity index is 1210. The summed E-state index contributed by atoms with van der Waals surface area (Å²) in [7, 11) is 1.60. The number of ether oxygens (including phenoxy) is 1. The summed E-state index contributed by atoms with van der Waals surface area (Å²) in [4.78, 5) is 29.4. The maximum absolute atomic E-state index is 13.1. The lowest BCUT2D eigenvalue weighted by Gasteiger charge is -2.17. The number of carbonyl (C=O) groups excluding carboxylic acids is 2. The van der Waals surface area contributed by atoms with Crippen molar-refractivity contribution in [1.82, 2.24) is 20.1 Å². The van der Waals surface area contributed by atoms with Crippen LogP contribution in [-0.2, 0) is 9.53 Å². The fourth-order valence-electron chi connectivity index (χ4n) is 4.38. The first-order valence-corrected chi connectivity index (χ1v) is 11.1. The molecule has 4 rings (SSSR count). The van der Waals surface area contributed by atoms with Crippen LogP contribution in [0.15, 0.2) is 54.7 Å². The number of methoxy groups -OCH3 is 1.